The number of likely N-dealkylation sites (tertiary alicyclic amines) is 1. The Kier molecular flexibility index (Phi) is 4.34. The van der Waals surface area contributed by atoms with Gasteiger partial charge in [-0.2, -0.15) is 0 Å². The molecule has 0 spiro atoms. The second-order valence-corrected chi connectivity index (χ2v) is 6.41. The normalized spacial score (nSPS) is 19.2. The number of amides is 2. The summed E-state index contributed by atoms with van der Waals surface area (Å²) in [6.45, 7) is 3.98. The molecule has 1 aliphatic rings. The summed E-state index contributed by atoms with van der Waals surface area (Å²) in [5.74, 6) is -0.413. The fourth-order valence-corrected chi connectivity index (χ4v) is 2.87. The van der Waals surface area contributed by atoms with Crippen molar-refractivity contribution in [3.63, 3.8) is 0 Å². The predicted octanol–water partition coefficient (Wildman–Crippen LogP) is 3.36. The van der Waals surface area contributed by atoms with Gasteiger partial charge in [-0.1, -0.05) is 0 Å². The van der Waals surface area contributed by atoms with Crippen LogP contribution in [-0.2, 0) is 0 Å². The first-order valence-electron chi connectivity index (χ1n) is 6.54. The van der Waals surface area contributed by atoms with E-state index < -0.39 is 11.4 Å². The fraction of sp³-hybridized carbons (Fsp3) is 0.500. The van der Waals surface area contributed by atoms with Gasteiger partial charge in [-0.15, -0.1) is 0 Å². The maximum Gasteiger partial charge on any atom is 0.322 e. The summed E-state index contributed by atoms with van der Waals surface area (Å²) in [5, 5.41) is 12.8. The van der Waals surface area contributed by atoms with Crippen LogP contribution in [0.4, 0.5) is 14.9 Å². The van der Waals surface area contributed by atoms with Crippen molar-refractivity contribution in [2.75, 3.05) is 11.9 Å². The van der Waals surface area contributed by atoms with Gasteiger partial charge in [-0.25, -0.2) is 9.18 Å². The van der Waals surface area contributed by atoms with Crippen LogP contribution in [-0.4, -0.2) is 34.2 Å². The Morgan fingerprint density at radius 3 is 2.90 bits per heavy atom. The molecular formula is C14H18BrFN2O2. The predicted molar refractivity (Wildman–Crippen MR) is 79.1 cm³/mol. The standard InChI is InChI=1S/C14H18BrFN2O2/c1-14(2,20)12-4-3-7-18(12)13(19)17-11-8-9(16)5-6-10(11)15/h5-6,8,12,20H,3-4,7H2,1-2H3,(H,17,19). The highest BCUT2D eigenvalue weighted by Gasteiger charge is 2.38. The van der Waals surface area contributed by atoms with E-state index in [4.69, 9.17) is 0 Å². The highest BCUT2D eigenvalue weighted by atomic mass is 79.9. The molecule has 0 saturated carbocycles. The van der Waals surface area contributed by atoms with E-state index in [9.17, 15) is 14.3 Å². The van der Waals surface area contributed by atoms with Crippen molar-refractivity contribution in [2.45, 2.75) is 38.3 Å². The molecule has 110 valence electrons. The molecule has 1 aromatic rings. The Bertz CT molecular complexity index is 516. The largest absolute Gasteiger partial charge is 0.388 e. The van der Waals surface area contributed by atoms with E-state index in [-0.39, 0.29) is 12.1 Å². The molecule has 1 aliphatic heterocycles. The topological polar surface area (TPSA) is 52.6 Å². The molecule has 2 rings (SSSR count). The quantitative estimate of drug-likeness (QED) is 0.864. The number of nitrogens with one attached hydrogen (secondary N) is 1. The summed E-state index contributed by atoms with van der Waals surface area (Å²) < 4.78 is 13.8. The average molecular weight is 345 g/mol. The Balaban J connectivity index is 2.14. The zero-order valence-electron chi connectivity index (χ0n) is 11.5. The first-order valence-corrected chi connectivity index (χ1v) is 7.33. The molecule has 1 aromatic carbocycles. The Morgan fingerprint density at radius 2 is 2.25 bits per heavy atom. The van der Waals surface area contributed by atoms with Crippen LogP contribution in [0.3, 0.4) is 0 Å². The molecule has 1 saturated heterocycles. The SMILES string of the molecule is CC(C)(O)C1CCCN1C(=O)Nc1cc(F)ccc1Br. The van der Waals surface area contributed by atoms with E-state index in [1.54, 1.807) is 24.8 Å². The van der Waals surface area contributed by atoms with Gasteiger partial charge < -0.3 is 15.3 Å². The minimum Gasteiger partial charge on any atom is -0.388 e. The van der Waals surface area contributed by atoms with Crippen molar-refractivity contribution in [2.24, 2.45) is 0 Å². The highest BCUT2D eigenvalue weighted by molar-refractivity contribution is 9.10. The molecule has 1 unspecified atom stereocenters. The summed E-state index contributed by atoms with van der Waals surface area (Å²) in [5.41, 5.74) is -0.566. The van der Waals surface area contributed by atoms with Gasteiger partial charge >= 0.3 is 6.03 Å². The Hall–Kier alpha value is -1.14. The smallest absolute Gasteiger partial charge is 0.322 e. The minimum atomic E-state index is -0.951. The maximum atomic E-state index is 13.2. The lowest BCUT2D eigenvalue weighted by Crippen LogP contribution is -2.49. The van der Waals surface area contributed by atoms with Crippen molar-refractivity contribution >= 4 is 27.6 Å². The number of halogens is 2. The van der Waals surface area contributed by atoms with Crippen LogP contribution in [0.1, 0.15) is 26.7 Å². The van der Waals surface area contributed by atoms with Crippen LogP contribution in [0.5, 0.6) is 0 Å². The van der Waals surface area contributed by atoms with Crippen molar-refractivity contribution in [1.29, 1.82) is 0 Å². The van der Waals surface area contributed by atoms with Crippen molar-refractivity contribution < 1.29 is 14.3 Å². The number of carbonyl (C=O) groups excluding carboxylic acids is 1. The molecule has 20 heavy (non-hydrogen) atoms. The van der Waals surface area contributed by atoms with Gasteiger partial charge in [0.15, 0.2) is 0 Å². The molecule has 0 aliphatic carbocycles. The fourth-order valence-electron chi connectivity index (χ4n) is 2.52. The highest BCUT2D eigenvalue weighted by Crippen LogP contribution is 2.29. The average Bonchev–Trinajstić information content (AvgIpc) is 2.82. The molecule has 0 aromatic heterocycles. The Labute approximate surface area is 126 Å². The van der Waals surface area contributed by atoms with E-state index in [2.05, 4.69) is 21.2 Å². The van der Waals surface area contributed by atoms with E-state index in [1.165, 1.54) is 12.1 Å². The molecule has 1 fully saturated rings. The zero-order valence-corrected chi connectivity index (χ0v) is 13.1. The van der Waals surface area contributed by atoms with E-state index in [0.717, 1.165) is 12.8 Å². The molecule has 1 atom stereocenters. The molecule has 4 nitrogen and oxygen atoms in total. The van der Waals surface area contributed by atoms with Crippen LogP contribution >= 0.6 is 15.9 Å². The molecule has 0 radical (unpaired) electrons. The second kappa shape index (κ2) is 5.69. The monoisotopic (exact) mass is 344 g/mol. The number of benzene rings is 1. The van der Waals surface area contributed by atoms with Gasteiger partial charge in [-0.05, 0) is 60.8 Å². The van der Waals surface area contributed by atoms with Crippen molar-refractivity contribution in [3.8, 4) is 0 Å². The molecule has 2 N–H and O–H groups in total. The molecule has 1 heterocycles. The van der Waals surface area contributed by atoms with Gasteiger partial charge in [0.2, 0.25) is 0 Å². The summed E-state index contributed by atoms with van der Waals surface area (Å²) in [6.07, 6.45) is 1.62. The van der Waals surface area contributed by atoms with Crippen LogP contribution < -0.4 is 5.32 Å². The lowest BCUT2D eigenvalue weighted by Gasteiger charge is -2.33. The third-order valence-electron chi connectivity index (χ3n) is 3.50. The first-order chi connectivity index (χ1) is 9.29. The second-order valence-electron chi connectivity index (χ2n) is 5.56. The maximum absolute atomic E-state index is 13.2. The van der Waals surface area contributed by atoms with Gasteiger partial charge in [0, 0.05) is 11.0 Å². The number of carbonyl (C=O) groups is 1. The molecule has 0 bridgehead atoms. The molecule has 6 heteroatoms. The number of rotatable bonds is 2. The van der Waals surface area contributed by atoms with E-state index in [1.807, 2.05) is 0 Å². The zero-order chi connectivity index (χ0) is 14.9. The lowest BCUT2D eigenvalue weighted by molar-refractivity contribution is 0.0117. The first kappa shape index (κ1) is 15.3. The lowest BCUT2D eigenvalue weighted by atomic mass is 9.97. The van der Waals surface area contributed by atoms with Gasteiger partial charge in [0.05, 0.1) is 17.3 Å². The van der Waals surface area contributed by atoms with Crippen molar-refractivity contribution in [1.82, 2.24) is 4.90 Å². The number of nitrogens with zero attached hydrogens (tertiary/aromatic N) is 1. The number of hydrogen-bond acceptors (Lipinski definition) is 2. The van der Waals surface area contributed by atoms with Crippen LogP contribution in [0.15, 0.2) is 22.7 Å². The Morgan fingerprint density at radius 1 is 1.55 bits per heavy atom. The third-order valence-corrected chi connectivity index (χ3v) is 4.19. The van der Waals surface area contributed by atoms with Gasteiger partial charge in [0.25, 0.3) is 0 Å². The van der Waals surface area contributed by atoms with Crippen LogP contribution in [0.25, 0.3) is 0 Å². The third kappa shape index (κ3) is 3.30. The van der Waals surface area contributed by atoms with Crippen LogP contribution in [0, 0.1) is 5.82 Å². The number of aliphatic hydroxyl groups is 1. The van der Waals surface area contributed by atoms with Crippen molar-refractivity contribution in [3.05, 3.63) is 28.5 Å². The summed E-state index contributed by atoms with van der Waals surface area (Å²) >= 11 is 3.27. The number of anilines is 1. The van der Waals surface area contributed by atoms with Gasteiger partial charge in [0.1, 0.15) is 5.82 Å². The number of urea groups is 1. The van der Waals surface area contributed by atoms with Gasteiger partial charge in [-0.3, -0.25) is 0 Å². The summed E-state index contributed by atoms with van der Waals surface area (Å²) in [7, 11) is 0. The van der Waals surface area contributed by atoms with Crippen LogP contribution in [0.2, 0.25) is 0 Å². The molecule has 2 amide bonds. The van der Waals surface area contributed by atoms with E-state index in [0.29, 0.717) is 16.7 Å². The molecular weight excluding hydrogens is 327 g/mol. The minimum absolute atomic E-state index is 0.227. The summed E-state index contributed by atoms with van der Waals surface area (Å²) in [6, 6.07) is 3.57. The van der Waals surface area contributed by atoms with E-state index >= 15 is 0 Å². The number of hydrogen-bond donors (Lipinski definition) is 2. The summed E-state index contributed by atoms with van der Waals surface area (Å²) in [4.78, 5) is 13.9.